The normalized spacial score (nSPS) is 27.0. The number of fused-ring (bicyclic) bond motifs is 5. The molecule has 1 aromatic carbocycles. The second kappa shape index (κ2) is 7.69. The number of imide groups is 1. The third-order valence-corrected chi connectivity index (χ3v) is 5.61. The number of hydrazone groups is 1. The molecule has 4 rings (SSSR count). The maximum Gasteiger partial charge on any atom is 0.344 e. The van der Waals surface area contributed by atoms with Gasteiger partial charge in [0.25, 0.3) is 11.8 Å². The number of methoxy groups -OCH3 is 1. The van der Waals surface area contributed by atoms with Crippen molar-refractivity contribution < 1.29 is 28.6 Å². The molecule has 0 aromatic heterocycles. The van der Waals surface area contributed by atoms with Crippen molar-refractivity contribution in [2.45, 2.75) is 13.3 Å². The van der Waals surface area contributed by atoms with Crippen molar-refractivity contribution in [3.8, 4) is 11.5 Å². The Bertz CT molecular complexity index is 878. The summed E-state index contributed by atoms with van der Waals surface area (Å²) >= 11 is 0. The number of esters is 1. The quantitative estimate of drug-likeness (QED) is 0.301. The predicted molar refractivity (Wildman–Crippen MR) is 102 cm³/mol. The summed E-state index contributed by atoms with van der Waals surface area (Å²) in [5.74, 6) is -0.398. The van der Waals surface area contributed by atoms with Crippen LogP contribution in [0.25, 0.3) is 0 Å². The number of nitrogens with zero attached hydrogens (tertiary/aromatic N) is 2. The van der Waals surface area contributed by atoms with Gasteiger partial charge in [0, 0.05) is 0 Å². The highest BCUT2D eigenvalue weighted by Gasteiger charge is 2.59. The summed E-state index contributed by atoms with van der Waals surface area (Å²) in [5, 5.41) is 5.15. The van der Waals surface area contributed by atoms with Crippen LogP contribution < -0.4 is 9.47 Å². The number of rotatable bonds is 7. The number of hydrogen-bond acceptors (Lipinski definition) is 7. The van der Waals surface area contributed by atoms with Crippen LogP contribution in [-0.2, 0) is 19.1 Å². The van der Waals surface area contributed by atoms with Crippen LogP contribution in [0.4, 0.5) is 0 Å². The van der Waals surface area contributed by atoms with Gasteiger partial charge in [-0.05, 0) is 48.9 Å². The molecule has 2 fully saturated rings. The number of allylic oxidation sites excluding steroid dienone is 2. The van der Waals surface area contributed by atoms with Crippen molar-refractivity contribution in [2.24, 2.45) is 28.8 Å². The molecule has 152 valence electrons. The van der Waals surface area contributed by atoms with Crippen LogP contribution in [0.5, 0.6) is 11.5 Å². The third-order valence-electron chi connectivity index (χ3n) is 5.61. The zero-order valence-corrected chi connectivity index (χ0v) is 16.2. The van der Waals surface area contributed by atoms with Gasteiger partial charge in [-0.15, -0.1) is 0 Å². The van der Waals surface area contributed by atoms with E-state index in [4.69, 9.17) is 14.2 Å². The molecule has 2 aliphatic carbocycles. The van der Waals surface area contributed by atoms with Gasteiger partial charge < -0.3 is 14.2 Å². The van der Waals surface area contributed by atoms with Gasteiger partial charge >= 0.3 is 5.97 Å². The standard InChI is InChI=1S/C21H22N2O6/c1-3-28-17(24)11-29-15-7-4-12(8-16(15)27-2)10-22-23-20(25)18-13-5-6-14(9-13)19(18)21(23)26/h4-8,10,13-14,18-19H,3,9,11H2,1-2H3. The fourth-order valence-corrected chi connectivity index (χ4v) is 4.35. The first-order valence-electron chi connectivity index (χ1n) is 9.60. The molecule has 8 heteroatoms. The Balaban J connectivity index is 1.45. The SMILES string of the molecule is CCOC(=O)COc1ccc(C=NN2C(=O)C3C4C=CC(C4)C3C2=O)cc1OC. The molecular formula is C21H22N2O6. The van der Waals surface area contributed by atoms with E-state index in [-0.39, 0.29) is 48.7 Å². The smallest absolute Gasteiger partial charge is 0.344 e. The van der Waals surface area contributed by atoms with E-state index >= 15 is 0 Å². The lowest BCUT2D eigenvalue weighted by atomic mass is 9.85. The molecule has 0 radical (unpaired) electrons. The topological polar surface area (TPSA) is 94.5 Å². The van der Waals surface area contributed by atoms with Gasteiger partial charge in [-0.1, -0.05) is 12.2 Å². The first-order chi connectivity index (χ1) is 14.0. The van der Waals surface area contributed by atoms with Gasteiger partial charge in [-0.2, -0.15) is 10.1 Å². The first kappa shape index (κ1) is 19.2. The Morgan fingerprint density at radius 3 is 2.48 bits per heavy atom. The predicted octanol–water partition coefficient (Wildman–Crippen LogP) is 1.78. The van der Waals surface area contributed by atoms with E-state index in [2.05, 4.69) is 5.10 Å². The van der Waals surface area contributed by atoms with Gasteiger partial charge in [-0.3, -0.25) is 9.59 Å². The Morgan fingerprint density at radius 1 is 1.17 bits per heavy atom. The first-order valence-corrected chi connectivity index (χ1v) is 9.60. The molecule has 29 heavy (non-hydrogen) atoms. The fraction of sp³-hybridized carbons (Fsp3) is 0.429. The van der Waals surface area contributed by atoms with Crippen LogP contribution >= 0.6 is 0 Å². The zero-order chi connectivity index (χ0) is 20.5. The number of carbonyl (C=O) groups is 3. The van der Waals surface area contributed by atoms with Crippen LogP contribution in [0.3, 0.4) is 0 Å². The zero-order valence-electron chi connectivity index (χ0n) is 16.2. The Labute approximate surface area is 168 Å². The Hall–Kier alpha value is -3.16. The van der Waals surface area contributed by atoms with E-state index in [1.54, 1.807) is 25.1 Å². The van der Waals surface area contributed by atoms with Gasteiger partial charge in [-0.25, -0.2) is 4.79 Å². The third kappa shape index (κ3) is 3.39. The average molecular weight is 398 g/mol. The molecule has 4 unspecified atom stereocenters. The minimum absolute atomic E-state index is 0.151. The van der Waals surface area contributed by atoms with Crippen molar-refractivity contribution in [1.82, 2.24) is 5.01 Å². The van der Waals surface area contributed by atoms with Crippen molar-refractivity contribution in [3.05, 3.63) is 35.9 Å². The number of carbonyl (C=O) groups excluding carboxylic acids is 3. The molecule has 1 heterocycles. The average Bonchev–Trinajstić information content (AvgIpc) is 3.40. The maximum absolute atomic E-state index is 12.7. The highest BCUT2D eigenvalue weighted by atomic mass is 16.6. The lowest BCUT2D eigenvalue weighted by Gasteiger charge is -2.13. The van der Waals surface area contributed by atoms with Crippen LogP contribution in [-0.4, -0.2) is 49.3 Å². The van der Waals surface area contributed by atoms with E-state index in [1.165, 1.54) is 13.3 Å². The molecule has 0 N–H and O–H groups in total. The van der Waals surface area contributed by atoms with E-state index in [0.29, 0.717) is 17.1 Å². The monoisotopic (exact) mass is 398 g/mol. The second-order valence-corrected chi connectivity index (χ2v) is 7.24. The summed E-state index contributed by atoms with van der Waals surface area (Å²) in [5.41, 5.74) is 0.629. The number of amides is 2. The van der Waals surface area contributed by atoms with Crippen molar-refractivity contribution in [2.75, 3.05) is 20.3 Å². The summed E-state index contributed by atoms with van der Waals surface area (Å²) in [4.78, 5) is 36.8. The molecule has 1 saturated carbocycles. The number of benzene rings is 1. The Morgan fingerprint density at radius 2 is 1.86 bits per heavy atom. The van der Waals surface area contributed by atoms with Crippen molar-refractivity contribution >= 4 is 24.0 Å². The molecule has 1 aromatic rings. The van der Waals surface area contributed by atoms with E-state index in [9.17, 15) is 14.4 Å². The van der Waals surface area contributed by atoms with Crippen LogP contribution in [0.15, 0.2) is 35.5 Å². The molecule has 0 spiro atoms. The van der Waals surface area contributed by atoms with Gasteiger partial charge in [0.05, 0.1) is 31.8 Å². The minimum atomic E-state index is -0.472. The van der Waals surface area contributed by atoms with E-state index in [0.717, 1.165) is 11.4 Å². The molecule has 3 aliphatic rings. The molecule has 2 bridgehead atoms. The molecular weight excluding hydrogens is 376 g/mol. The van der Waals surface area contributed by atoms with Gasteiger partial charge in [0.1, 0.15) is 0 Å². The van der Waals surface area contributed by atoms with Crippen LogP contribution in [0, 0.1) is 23.7 Å². The fourth-order valence-electron chi connectivity index (χ4n) is 4.35. The maximum atomic E-state index is 12.7. The van der Waals surface area contributed by atoms with E-state index in [1.807, 2.05) is 12.2 Å². The van der Waals surface area contributed by atoms with Crippen LogP contribution in [0.2, 0.25) is 0 Å². The Kier molecular flexibility index (Phi) is 5.08. The molecule has 1 aliphatic heterocycles. The number of hydrogen-bond donors (Lipinski definition) is 0. The van der Waals surface area contributed by atoms with Crippen LogP contribution in [0.1, 0.15) is 18.9 Å². The number of ether oxygens (including phenoxy) is 3. The molecule has 8 nitrogen and oxygen atoms in total. The minimum Gasteiger partial charge on any atom is -0.493 e. The van der Waals surface area contributed by atoms with Gasteiger partial charge in [0.2, 0.25) is 0 Å². The van der Waals surface area contributed by atoms with Crippen molar-refractivity contribution in [1.29, 1.82) is 0 Å². The summed E-state index contributed by atoms with van der Waals surface area (Å²) < 4.78 is 15.5. The lowest BCUT2D eigenvalue weighted by molar-refractivity contribution is -0.145. The second-order valence-electron chi connectivity index (χ2n) is 7.24. The highest BCUT2D eigenvalue weighted by molar-refractivity contribution is 6.06. The molecule has 1 saturated heterocycles. The van der Waals surface area contributed by atoms with E-state index < -0.39 is 5.97 Å². The summed E-state index contributed by atoms with van der Waals surface area (Å²) in [6, 6.07) is 4.98. The summed E-state index contributed by atoms with van der Waals surface area (Å²) in [6.45, 7) is 1.77. The van der Waals surface area contributed by atoms with Gasteiger partial charge in [0.15, 0.2) is 18.1 Å². The lowest BCUT2D eigenvalue weighted by Crippen LogP contribution is -2.28. The highest BCUT2D eigenvalue weighted by Crippen LogP contribution is 2.52. The van der Waals surface area contributed by atoms with Crippen molar-refractivity contribution in [3.63, 3.8) is 0 Å². The summed E-state index contributed by atoms with van der Waals surface area (Å²) in [7, 11) is 1.48. The largest absolute Gasteiger partial charge is 0.493 e. The molecule has 2 amide bonds. The molecule has 4 atom stereocenters. The summed E-state index contributed by atoms with van der Waals surface area (Å²) in [6.07, 6.45) is 6.42.